The Labute approximate surface area is 108 Å². The highest BCUT2D eigenvalue weighted by Crippen LogP contribution is 2.22. The van der Waals surface area contributed by atoms with Crippen molar-refractivity contribution in [2.45, 2.75) is 18.8 Å². The van der Waals surface area contributed by atoms with E-state index in [-0.39, 0.29) is 11.7 Å². The molecule has 3 heterocycles. The zero-order valence-corrected chi connectivity index (χ0v) is 10.5. The van der Waals surface area contributed by atoms with Crippen LogP contribution in [0, 0.1) is 0 Å². The summed E-state index contributed by atoms with van der Waals surface area (Å²) in [5.74, 6) is 0.730. The monoisotopic (exact) mass is 264 g/mol. The minimum atomic E-state index is -0.386. The lowest BCUT2D eigenvalue weighted by atomic mass is 10.0. The van der Waals surface area contributed by atoms with Crippen LogP contribution in [0.25, 0.3) is 0 Å². The smallest absolute Gasteiger partial charge is 0.239 e. The predicted molar refractivity (Wildman–Crippen MR) is 64.6 cm³/mol. The van der Waals surface area contributed by atoms with Gasteiger partial charge in [0, 0.05) is 17.7 Å². The first kappa shape index (κ1) is 11.6. The summed E-state index contributed by atoms with van der Waals surface area (Å²) in [6, 6.07) is 4.01. The van der Waals surface area contributed by atoms with E-state index in [4.69, 9.17) is 9.26 Å². The molecule has 0 aromatic carbocycles. The summed E-state index contributed by atoms with van der Waals surface area (Å²) >= 11 is 1.65. The van der Waals surface area contributed by atoms with Gasteiger partial charge in [-0.15, -0.1) is 11.3 Å². The van der Waals surface area contributed by atoms with Crippen molar-refractivity contribution < 1.29 is 14.1 Å². The lowest BCUT2D eigenvalue weighted by molar-refractivity contribution is -0.127. The molecule has 1 aliphatic heterocycles. The van der Waals surface area contributed by atoms with Gasteiger partial charge in [-0.25, -0.2) is 0 Å². The standard InChI is InChI=1S/C12H12N2O3S/c15-10-3-4-16-7-9(10)12-13-11(14-17-12)6-8-2-1-5-18-8/h1-2,5,9H,3-4,6-7H2. The van der Waals surface area contributed by atoms with E-state index in [0.717, 1.165) is 0 Å². The maximum absolute atomic E-state index is 11.7. The van der Waals surface area contributed by atoms with Crippen molar-refractivity contribution in [2.75, 3.05) is 13.2 Å². The fourth-order valence-electron chi connectivity index (χ4n) is 1.90. The van der Waals surface area contributed by atoms with E-state index in [1.165, 1.54) is 4.88 Å². The number of carbonyl (C=O) groups is 1. The van der Waals surface area contributed by atoms with E-state index >= 15 is 0 Å². The van der Waals surface area contributed by atoms with Crippen LogP contribution < -0.4 is 0 Å². The summed E-state index contributed by atoms with van der Waals surface area (Å²) in [4.78, 5) is 17.2. The molecular formula is C12H12N2O3S. The molecule has 1 atom stereocenters. The van der Waals surface area contributed by atoms with Gasteiger partial charge in [-0.05, 0) is 11.4 Å². The van der Waals surface area contributed by atoms with Gasteiger partial charge in [-0.2, -0.15) is 4.98 Å². The number of ether oxygens (including phenoxy) is 1. The Bertz CT molecular complexity index is 535. The van der Waals surface area contributed by atoms with Crippen LogP contribution in [0.4, 0.5) is 0 Å². The molecule has 0 N–H and O–H groups in total. The maximum atomic E-state index is 11.7. The van der Waals surface area contributed by atoms with Gasteiger partial charge in [0.15, 0.2) is 5.82 Å². The molecule has 94 valence electrons. The predicted octanol–water partition coefficient (Wildman–Crippen LogP) is 1.79. The van der Waals surface area contributed by atoms with Crippen molar-refractivity contribution in [1.82, 2.24) is 10.1 Å². The van der Waals surface area contributed by atoms with E-state index in [1.807, 2.05) is 17.5 Å². The SMILES string of the molecule is O=C1CCOCC1c1nc(Cc2cccs2)no1. The van der Waals surface area contributed by atoms with E-state index in [9.17, 15) is 4.79 Å². The van der Waals surface area contributed by atoms with Crippen molar-refractivity contribution in [3.63, 3.8) is 0 Å². The number of carbonyl (C=O) groups excluding carboxylic acids is 1. The Morgan fingerprint density at radius 2 is 2.44 bits per heavy atom. The summed E-state index contributed by atoms with van der Waals surface area (Å²) in [6.07, 6.45) is 1.07. The van der Waals surface area contributed by atoms with Crippen molar-refractivity contribution >= 4 is 17.1 Å². The number of thiophene rings is 1. The molecule has 1 aliphatic rings. The Kier molecular flexibility index (Phi) is 3.21. The summed E-state index contributed by atoms with van der Waals surface area (Å²) in [7, 11) is 0. The Balaban J connectivity index is 1.74. The first-order valence-electron chi connectivity index (χ1n) is 5.78. The van der Waals surface area contributed by atoms with Crippen LogP contribution in [0.15, 0.2) is 22.0 Å². The second kappa shape index (κ2) is 4.99. The highest BCUT2D eigenvalue weighted by Gasteiger charge is 2.29. The van der Waals surface area contributed by atoms with Crippen LogP contribution >= 0.6 is 11.3 Å². The molecule has 0 spiro atoms. The molecule has 6 heteroatoms. The lowest BCUT2D eigenvalue weighted by Gasteiger charge is -2.16. The normalized spacial score (nSPS) is 20.2. The molecule has 0 saturated carbocycles. The molecule has 1 saturated heterocycles. The van der Waals surface area contributed by atoms with Crippen molar-refractivity contribution in [3.8, 4) is 0 Å². The topological polar surface area (TPSA) is 65.2 Å². The molecule has 18 heavy (non-hydrogen) atoms. The van der Waals surface area contributed by atoms with Gasteiger partial charge in [-0.1, -0.05) is 11.2 Å². The van der Waals surface area contributed by atoms with Gasteiger partial charge in [0.2, 0.25) is 5.89 Å². The van der Waals surface area contributed by atoms with Crippen LogP contribution in [0.5, 0.6) is 0 Å². The van der Waals surface area contributed by atoms with Crippen LogP contribution in [0.1, 0.15) is 28.9 Å². The molecule has 5 nitrogen and oxygen atoms in total. The van der Waals surface area contributed by atoms with Crippen molar-refractivity contribution in [3.05, 3.63) is 34.1 Å². The highest BCUT2D eigenvalue weighted by atomic mass is 32.1. The van der Waals surface area contributed by atoms with Crippen LogP contribution in [0.2, 0.25) is 0 Å². The molecule has 1 fully saturated rings. The van der Waals surface area contributed by atoms with Gasteiger partial charge >= 0.3 is 0 Å². The number of aromatic nitrogens is 2. The summed E-state index contributed by atoms with van der Waals surface area (Å²) in [6.45, 7) is 0.838. The average Bonchev–Trinajstić information content (AvgIpc) is 3.02. The number of rotatable bonds is 3. The number of hydrogen-bond donors (Lipinski definition) is 0. The molecule has 0 amide bonds. The van der Waals surface area contributed by atoms with E-state index in [0.29, 0.717) is 37.8 Å². The summed E-state index contributed by atoms with van der Waals surface area (Å²) in [5.41, 5.74) is 0. The molecule has 1 unspecified atom stereocenters. The first-order valence-corrected chi connectivity index (χ1v) is 6.66. The Hall–Kier alpha value is -1.53. The Morgan fingerprint density at radius 1 is 1.50 bits per heavy atom. The van der Waals surface area contributed by atoms with Crippen LogP contribution in [0.3, 0.4) is 0 Å². The highest BCUT2D eigenvalue weighted by molar-refractivity contribution is 7.09. The third kappa shape index (κ3) is 2.34. The minimum Gasteiger partial charge on any atom is -0.380 e. The molecule has 3 rings (SSSR count). The number of Topliss-reactive ketones (excluding diaryl/α,β-unsaturated/α-hetero) is 1. The minimum absolute atomic E-state index is 0.118. The van der Waals surface area contributed by atoms with Gasteiger partial charge < -0.3 is 9.26 Å². The fourth-order valence-corrected chi connectivity index (χ4v) is 2.60. The molecule has 2 aromatic rings. The maximum Gasteiger partial charge on any atom is 0.239 e. The van der Waals surface area contributed by atoms with Crippen molar-refractivity contribution in [1.29, 1.82) is 0 Å². The first-order chi connectivity index (χ1) is 8.83. The van der Waals surface area contributed by atoms with E-state index in [2.05, 4.69) is 10.1 Å². The molecule has 0 aliphatic carbocycles. The zero-order chi connectivity index (χ0) is 12.4. The molecule has 0 bridgehead atoms. The van der Waals surface area contributed by atoms with E-state index in [1.54, 1.807) is 11.3 Å². The number of ketones is 1. The van der Waals surface area contributed by atoms with Crippen LogP contribution in [-0.2, 0) is 16.0 Å². The summed E-state index contributed by atoms with van der Waals surface area (Å²) in [5, 5.41) is 5.92. The van der Waals surface area contributed by atoms with Crippen LogP contribution in [-0.4, -0.2) is 29.1 Å². The van der Waals surface area contributed by atoms with Gasteiger partial charge in [-0.3, -0.25) is 4.79 Å². The van der Waals surface area contributed by atoms with Gasteiger partial charge in [0.05, 0.1) is 13.2 Å². The van der Waals surface area contributed by atoms with Gasteiger partial charge in [0.25, 0.3) is 0 Å². The lowest BCUT2D eigenvalue weighted by Crippen LogP contribution is -2.25. The van der Waals surface area contributed by atoms with Crippen molar-refractivity contribution in [2.24, 2.45) is 0 Å². The third-order valence-electron chi connectivity index (χ3n) is 2.86. The average molecular weight is 264 g/mol. The van der Waals surface area contributed by atoms with Gasteiger partial charge in [0.1, 0.15) is 11.7 Å². The third-order valence-corrected chi connectivity index (χ3v) is 3.74. The summed E-state index contributed by atoms with van der Waals surface area (Å²) < 4.78 is 10.4. The molecule has 0 radical (unpaired) electrons. The number of nitrogens with zero attached hydrogens (tertiary/aromatic N) is 2. The Morgan fingerprint density at radius 3 is 3.22 bits per heavy atom. The molecule has 2 aromatic heterocycles. The molecular weight excluding hydrogens is 252 g/mol. The second-order valence-electron chi connectivity index (χ2n) is 4.15. The number of hydrogen-bond acceptors (Lipinski definition) is 6. The largest absolute Gasteiger partial charge is 0.380 e. The quantitative estimate of drug-likeness (QED) is 0.845. The zero-order valence-electron chi connectivity index (χ0n) is 9.67. The fraction of sp³-hybridized carbons (Fsp3) is 0.417. The van der Waals surface area contributed by atoms with E-state index < -0.39 is 0 Å². The second-order valence-corrected chi connectivity index (χ2v) is 5.18.